The maximum atomic E-state index is 12.7. The summed E-state index contributed by atoms with van der Waals surface area (Å²) in [4.78, 5) is 14.0. The van der Waals surface area contributed by atoms with Crippen molar-refractivity contribution in [3.05, 3.63) is 59.7 Å². The van der Waals surface area contributed by atoms with Crippen molar-refractivity contribution in [3.63, 3.8) is 0 Å². The molecule has 4 heteroatoms. The summed E-state index contributed by atoms with van der Waals surface area (Å²) in [5, 5.41) is 9.15. The van der Waals surface area contributed by atoms with E-state index in [2.05, 4.69) is 4.98 Å². The van der Waals surface area contributed by atoms with Crippen molar-refractivity contribution < 1.29 is 14.3 Å². The first-order valence-electron chi connectivity index (χ1n) is 4.80. The van der Waals surface area contributed by atoms with Gasteiger partial charge in [-0.3, -0.25) is 4.79 Å². The lowest BCUT2D eigenvalue weighted by molar-refractivity contribution is -0.137. The summed E-state index contributed by atoms with van der Waals surface area (Å²) in [6.45, 7) is 0. The minimum atomic E-state index is -0.964. The molecule has 3 nitrogen and oxygen atoms in total. The number of benzene rings is 1. The number of aromatic amines is 1. The molecule has 0 fully saturated rings. The number of nitrogens with one attached hydrogen (secondary N) is 1. The van der Waals surface area contributed by atoms with Crippen molar-refractivity contribution in [3.8, 4) is 0 Å². The number of carbonyl (C=O) groups is 1. The molecule has 1 heterocycles. The fourth-order valence-corrected chi connectivity index (χ4v) is 1.63. The van der Waals surface area contributed by atoms with E-state index in [0.29, 0.717) is 11.3 Å². The van der Waals surface area contributed by atoms with Crippen LogP contribution in [0.25, 0.3) is 0 Å². The first kappa shape index (κ1) is 10.4. The van der Waals surface area contributed by atoms with Gasteiger partial charge in [-0.2, -0.15) is 0 Å². The molecule has 0 amide bonds. The van der Waals surface area contributed by atoms with Crippen LogP contribution in [0, 0.1) is 5.82 Å². The topological polar surface area (TPSA) is 53.1 Å². The standard InChI is InChI=1S/C12H10FNO2/c13-9-5-3-8(4-6-9)11(12(15)16)10-2-1-7-14-10/h1-7,11,14H,(H,15,16). The van der Waals surface area contributed by atoms with E-state index >= 15 is 0 Å². The Balaban J connectivity index is 2.41. The monoisotopic (exact) mass is 219 g/mol. The Kier molecular flexibility index (Phi) is 2.72. The van der Waals surface area contributed by atoms with E-state index in [1.807, 2.05) is 0 Å². The average molecular weight is 219 g/mol. The number of aromatic nitrogens is 1. The van der Waals surface area contributed by atoms with Gasteiger partial charge in [0.25, 0.3) is 0 Å². The molecule has 82 valence electrons. The summed E-state index contributed by atoms with van der Waals surface area (Å²) in [6, 6.07) is 8.91. The summed E-state index contributed by atoms with van der Waals surface area (Å²) in [7, 11) is 0. The molecule has 1 atom stereocenters. The third-order valence-corrected chi connectivity index (χ3v) is 2.38. The number of aliphatic carboxylic acids is 1. The number of hydrogen-bond donors (Lipinski definition) is 2. The van der Waals surface area contributed by atoms with Gasteiger partial charge in [0.2, 0.25) is 0 Å². The first-order chi connectivity index (χ1) is 7.68. The van der Waals surface area contributed by atoms with E-state index in [1.54, 1.807) is 18.3 Å². The van der Waals surface area contributed by atoms with E-state index in [9.17, 15) is 9.18 Å². The van der Waals surface area contributed by atoms with Gasteiger partial charge in [-0.1, -0.05) is 12.1 Å². The highest BCUT2D eigenvalue weighted by Crippen LogP contribution is 2.23. The van der Waals surface area contributed by atoms with Gasteiger partial charge in [0.1, 0.15) is 11.7 Å². The highest BCUT2D eigenvalue weighted by molar-refractivity contribution is 5.79. The van der Waals surface area contributed by atoms with Crippen molar-refractivity contribution in [2.24, 2.45) is 0 Å². The Hall–Kier alpha value is -2.10. The largest absolute Gasteiger partial charge is 0.480 e. The Labute approximate surface area is 91.5 Å². The third-order valence-electron chi connectivity index (χ3n) is 2.38. The van der Waals surface area contributed by atoms with Gasteiger partial charge < -0.3 is 10.1 Å². The normalized spacial score (nSPS) is 12.3. The number of carboxylic acid groups (broad SMARTS) is 1. The maximum Gasteiger partial charge on any atom is 0.317 e. The van der Waals surface area contributed by atoms with Crippen molar-refractivity contribution in [1.29, 1.82) is 0 Å². The van der Waals surface area contributed by atoms with E-state index < -0.39 is 11.9 Å². The predicted octanol–water partition coefficient (Wildman–Crippen LogP) is 2.37. The van der Waals surface area contributed by atoms with Gasteiger partial charge in [0, 0.05) is 11.9 Å². The van der Waals surface area contributed by atoms with Crippen LogP contribution < -0.4 is 0 Å². The minimum absolute atomic E-state index is 0.376. The molecule has 0 aliphatic carbocycles. The van der Waals surface area contributed by atoms with Crippen molar-refractivity contribution in [2.75, 3.05) is 0 Å². The quantitative estimate of drug-likeness (QED) is 0.832. The molecular formula is C12H10FNO2. The van der Waals surface area contributed by atoms with Gasteiger partial charge in [0.05, 0.1) is 0 Å². The Bertz CT molecular complexity index is 476. The summed E-state index contributed by atoms with van der Waals surface area (Å²) < 4.78 is 12.7. The zero-order valence-corrected chi connectivity index (χ0v) is 8.35. The number of rotatable bonds is 3. The van der Waals surface area contributed by atoms with Crippen molar-refractivity contribution in [1.82, 2.24) is 4.98 Å². The maximum absolute atomic E-state index is 12.7. The average Bonchev–Trinajstić information content (AvgIpc) is 2.74. The molecule has 1 unspecified atom stereocenters. The second-order valence-electron chi connectivity index (χ2n) is 3.45. The zero-order valence-electron chi connectivity index (χ0n) is 8.35. The molecule has 1 aromatic carbocycles. The van der Waals surface area contributed by atoms with Crippen LogP contribution in [0.3, 0.4) is 0 Å². The Morgan fingerprint density at radius 2 is 1.94 bits per heavy atom. The van der Waals surface area contributed by atoms with Gasteiger partial charge >= 0.3 is 5.97 Å². The van der Waals surface area contributed by atoms with Gasteiger partial charge in [-0.05, 0) is 29.8 Å². The van der Waals surface area contributed by atoms with E-state index in [-0.39, 0.29) is 5.82 Å². The first-order valence-corrected chi connectivity index (χ1v) is 4.80. The number of halogens is 1. The summed E-state index contributed by atoms with van der Waals surface area (Å²) in [5.41, 5.74) is 1.13. The summed E-state index contributed by atoms with van der Waals surface area (Å²) in [6.07, 6.45) is 1.66. The minimum Gasteiger partial charge on any atom is -0.480 e. The van der Waals surface area contributed by atoms with E-state index in [0.717, 1.165) is 0 Å². The van der Waals surface area contributed by atoms with Crippen LogP contribution in [0.4, 0.5) is 4.39 Å². The highest BCUT2D eigenvalue weighted by atomic mass is 19.1. The molecule has 0 spiro atoms. The predicted molar refractivity (Wildman–Crippen MR) is 56.7 cm³/mol. The molecule has 1 aromatic heterocycles. The summed E-state index contributed by atoms with van der Waals surface area (Å²) >= 11 is 0. The number of carboxylic acids is 1. The molecule has 0 bridgehead atoms. The van der Waals surface area contributed by atoms with E-state index in [1.165, 1.54) is 24.3 Å². The van der Waals surface area contributed by atoms with Crippen LogP contribution >= 0.6 is 0 Å². The third kappa shape index (κ3) is 1.95. The molecule has 0 radical (unpaired) electrons. The lowest BCUT2D eigenvalue weighted by Crippen LogP contribution is -2.13. The van der Waals surface area contributed by atoms with Gasteiger partial charge in [-0.15, -0.1) is 0 Å². The van der Waals surface area contributed by atoms with Crippen LogP contribution in [-0.4, -0.2) is 16.1 Å². The second kappa shape index (κ2) is 4.18. The number of H-pyrrole nitrogens is 1. The molecule has 2 rings (SSSR count). The molecule has 16 heavy (non-hydrogen) atoms. The molecule has 2 aromatic rings. The fraction of sp³-hybridized carbons (Fsp3) is 0.0833. The molecule has 2 N–H and O–H groups in total. The van der Waals surface area contributed by atoms with Crippen molar-refractivity contribution >= 4 is 5.97 Å². The van der Waals surface area contributed by atoms with Crippen LogP contribution in [0.5, 0.6) is 0 Å². The lowest BCUT2D eigenvalue weighted by Gasteiger charge is -2.10. The second-order valence-corrected chi connectivity index (χ2v) is 3.45. The molecular weight excluding hydrogens is 209 g/mol. The zero-order chi connectivity index (χ0) is 11.5. The SMILES string of the molecule is O=C(O)C(c1ccc(F)cc1)c1ccc[nH]1. The van der Waals surface area contributed by atoms with Crippen LogP contribution in [0.15, 0.2) is 42.6 Å². The lowest BCUT2D eigenvalue weighted by atomic mass is 9.96. The molecule has 0 aliphatic heterocycles. The molecule has 0 saturated heterocycles. The Morgan fingerprint density at radius 3 is 2.44 bits per heavy atom. The fourth-order valence-electron chi connectivity index (χ4n) is 1.63. The van der Waals surface area contributed by atoms with E-state index in [4.69, 9.17) is 5.11 Å². The van der Waals surface area contributed by atoms with Crippen LogP contribution in [-0.2, 0) is 4.79 Å². The van der Waals surface area contributed by atoms with Crippen molar-refractivity contribution in [2.45, 2.75) is 5.92 Å². The number of hydrogen-bond acceptors (Lipinski definition) is 1. The molecule has 0 saturated carbocycles. The van der Waals surface area contributed by atoms with Gasteiger partial charge in [0.15, 0.2) is 0 Å². The van der Waals surface area contributed by atoms with Crippen LogP contribution in [0.2, 0.25) is 0 Å². The van der Waals surface area contributed by atoms with Gasteiger partial charge in [-0.25, -0.2) is 4.39 Å². The highest BCUT2D eigenvalue weighted by Gasteiger charge is 2.22. The molecule has 0 aliphatic rings. The smallest absolute Gasteiger partial charge is 0.317 e. The summed E-state index contributed by atoms with van der Waals surface area (Å²) in [5.74, 6) is -2.12. The Morgan fingerprint density at radius 1 is 1.25 bits per heavy atom. The van der Waals surface area contributed by atoms with Crippen LogP contribution in [0.1, 0.15) is 17.2 Å².